The number of hydrogen-bond donors (Lipinski definition) is 1. The highest BCUT2D eigenvalue weighted by molar-refractivity contribution is 6.10. The summed E-state index contributed by atoms with van der Waals surface area (Å²) < 4.78 is 4.93. The number of nitrogens with zero attached hydrogens (tertiary/aromatic N) is 2. The maximum atomic E-state index is 12.2. The lowest BCUT2D eigenvalue weighted by Crippen LogP contribution is -2.14. The van der Waals surface area contributed by atoms with E-state index in [-0.39, 0.29) is 16.9 Å². The third-order valence-corrected chi connectivity index (χ3v) is 3.13. The second-order valence-corrected chi connectivity index (χ2v) is 4.67. The van der Waals surface area contributed by atoms with Gasteiger partial charge < -0.3 is 10.1 Å². The summed E-state index contributed by atoms with van der Waals surface area (Å²) in [6.45, 7) is 0. The first-order chi connectivity index (χ1) is 11.5. The maximum absolute atomic E-state index is 12.2. The number of anilines is 1. The average molecular weight is 323 g/mol. The lowest BCUT2D eigenvalue weighted by molar-refractivity contribution is -0.384. The predicted octanol–water partition coefficient (Wildman–Crippen LogP) is 3.15. The number of nitro benzene ring substituents is 1. The molecule has 7 heteroatoms. The van der Waals surface area contributed by atoms with Crippen LogP contribution in [0.5, 0.6) is 5.75 Å². The molecule has 2 aromatic rings. The van der Waals surface area contributed by atoms with Gasteiger partial charge in [-0.1, -0.05) is 30.3 Å². The molecule has 0 spiro atoms. The highest BCUT2D eigenvalue weighted by Crippen LogP contribution is 2.29. The first-order valence-corrected chi connectivity index (χ1v) is 6.85. The van der Waals surface area contributed by atoms with Gasteiger partial charge in [0.15, 0.2) is 0 Å². The Labute approximate surface area is 137 Å². The molecule has 0 aliphatic carbocycles. The van der Waals surface area contributed by atoms with E-state index in [1.165, 1.54) is 31.4 Å². The fourth-order valence-corrected chi connectivity index (χ4v) is 1.95. The summed E-state index contributed by atoms with van der Waals surface area (Å²) in [5.41, 5.74) is 0.180. The summed E-state index contributed by atoms with van der Waals surface area (Å²) in [4.78, 5) is 22.7. The quantitative estimate of drug-likeness (QED) is 0.394. The molecule has 0 heterocycles. The molecule has 120 valence electrons. The molecule has 0 atom stereocenters. The Kier molecular flexibility index (Phi) is 5.26. The molecule has 0 aliphatic heterocycles. The predicted molar refractivity (Wildman–Crippen MR) is 88.3 cm³/mol. The summed E-state index contributed by atoms with van der Waals surface area (Å²) in [7, 11) is 1.38. The standard InChI is InChI=1S/C17H13N3O4/c1-24-14-7-8-15(16(10-14)20(22)23)19-17(21)13(11-18)9-12-5-3-2-4-6-12/h2-10H,1H3,(H,19,21)/b13-9+. The third-order valence-electron chi connectivity index (χ3n) is 3.13. The van der Waals surface area contributed by atoms with Crippen LogP contribution in [0, 0.1) is 21.4 Å². The maximum Gasteiger partial charge on any atom is 0.296 e. The number of carbonyl (C=O) groups is 1. The Hall–Kier alpha value is -3.66. The number of nitrogens with one attached hydrogen (secondary N) is 1. The van der Waals surface area contributed by atoms with E-state index in [1.807, 2.05) is 6.07 Å². The van der Waals surface area contributed by atoms with E-state index < -0.39 is 10.8 Å². The van der Waals surface area contributed by atoms with Gasteiger partial charge in [-0.2, -0.15) is 5.26 Å². The Morgan fingerprint density at radius 1 is 1.29 bits per heavy atom. The molecule has 7 nitrogen and oxygen atoms in total. The molecule has 0 saturated carbocycles. The van der Waals surface area contributed by atoms with Crippen LogP contribution in [0.1, 0.15) is 5.56 Å². The molecule has 1 amide bonds. The number of rotatable bonds is 5. The summed E-state index contributed by atoms with van der Waals surface area (Å²) in [6.07, 6.45) is 1.41. The Bertz CT molecular complexity index is 839. The van der Waals surface area contributed by atoms with Crippen molar-refractivity contribution in [3.8, 4) is 11.8 Å². The van der Waals surface area contributed by atoms with Crippen molar-refractivity contribution < 1.29 is 14.5 Å². The zero-order valence-corrected chi connectivity index (χ0v) is 12.7. The normalized spacial score (nSPS) is 10.6. The SMILES string of the molecule is COc1ccc(NC(=O)/C(C#N)=C/c2ccccc2)c([N+](=O)[O-])c1. The van der Waals surface area contributed by atoms with Gasteiger partial charge >= 0.3 is 0 Å². The molecule has 2 aromatic carbocycles. The van der Waals surface area contributed by atoms with Gasteiger partial charge in [0.05, 0.1) is 18.1 Å². The Morgan fingerprint density at radius 3 is 2.58 bits per heavy atom. The molecule has 0 bridgehead atoms. The van der Waals surface area contributed by atoms with E-state index in [9.17, 15) is 14.9 Å². The van der Waals surface area contributed by atoms with Crippen LogP contribution >= 0.6 is 0 Å². The van der Waals surface area contributed by atoms with Crippen LogP contribution in [0.2, 0.25) is 0 Å². The minimum atomic E-state index is -0.727. The number of nitriles is 1. The van der Waals surface area contributed by atoms with Crippen LogP contribution in [-0.4, -0.2) is 17.9 Å². The van der Waals surface area contributed by atoms with Crippen LogP contribution in [0.4, 0.5) is 11.4 Å². The van der Waals surface area contributed by atoms with E-state index in [4.69, 9.17) is 10.00 Å². The van der Waals surface area contributed by atoms with Gasteiger partial charge in [-0.15, -0.1) is 0 Å². The minimum Gasteiger partial charge on any atom is -0.496 e. The number of benzene rings is 2. The van der Waals surface area contributed by atoms with Crippen LogP contribution in [-0.2, 0) is 4.79 Å². The van der Waals surface area contributed by atoms with Gasteiger partial charge in [-0.3, -0.25) is 14.9 Å². The van der Waals surface area contributed by atoms with Crippen molar-refractivity contribution in [2.45, 2.75) is 0 Å². The molecule has 0 radical (unpaired) electrons. The van der Waals surface area contributed by atoms with Gasteiger partial charge in [0.25, 0.3) is 11.6 Å². The molecule has 0 fully saturated rings. The lowest BCUT2D eigenvalue weighted by atomic mass is 10.1. The average Bonchev–Trinajstić information content (AvgIpc) is 2.60. The largest absolute Gasteiger partial charge is 0.496 e. The number of hydrogen-bond acceptors (Lipinski definition) is 5. The molecular formula is C17H13N3O4. The van der Waals surface area contributed by atoms with E-state index in [0.717, 1.165) is 0 Å². The number of carbonyl (C=O) groups excluding carboxylic acids is 1. The monoisotopic (exact) mass is 323 g/mol. The number of amides is 1. The first-order valence-electron chi connectivity index (χ1n) is 6.85. The smallest absolute Gasteiger partial charge is 0.296 e. The van der Waals surface area contributed by atoms with Crippen molar-refractivity contribution in [2.24, 2.45) is 0 Å². The van der Waals surface area contributed by atoms with Gasteiger partial charge in [0, 0.05) is 0 Å². The minimum absolute atomic E-state index is 0.0139. The van der Waals surface area contributed by atoms with E-state index in [1.54, 1.807) is 30.3 Å². The van der Waals surface area contributed by atoms with Gasteiger partial charge in [-0.25, -0.2) is 0 Å². The van der Waals surface area contributed by atoms with E-state index in [2.05, 4.69) is 5.32 Å². The molecule has 0 saturated heterocycles. The Balaban J connectivity index is 2.30. The number of methoxy groups -OCH3 is 1. The first kappa shape index (κ1) is 16.7. The molecule has 1 N–H and O–H groups in total. The summed E-state index contributed by atoms with van der Waals surface area (Å²) >= 11 is 0. The van der Waals surface area contributed by atoms with E-state index >= 15 is 0 Å². The molecule has 0 aromatic heterocycles. The molecule has 0 aliphatic rings. The summed E-state index contributed by atoms with van der Waals surface area (Å²) in [5, 5.41) is 22.7. The van der Waals surface area contributed by atoms with Gasteiger partial charge in [0.2, 0.25) is 0 Å². The van der Waals surface area contributed by atoms with Crippen molar-refractivity contribution in [1.82, 2.24) is 0 Å². The topological polar surface area (TPSA) is 105 Å². The van der Waals surface area contributed by atoms with Crippen molar-refractivity contribution in [2.75, 3.05) is 12.4 Å². The molecule has 24 heavy (non-hydrogen) atoms. The second kappa shape index (κ2) is 7.56. The van der Waals surface area contributed by atoms with Crippen LogP contribution in [0.25, 0.3) is 6.08 Å². The highest BCUT2D eigenvalue weighted by Gasteiger charge is 2.19. The van der Waals surface area contributed by atoms with Gasteiger partial charge in [-0.05, 0) is 23.8 Å². The van der Waals surface area contributed by atoms with Crippen molar-refractivity contribution in [1.29, 1.82) is 5.26 Å². The Morgan fingerprint density at radius 2 is 2.00 bits per heavy atom. The fraction of sp³-hybridized carbons (Fsp3) is 0.0588. The van der Waals surface area contributed by atoms with Crippen molar-refractivity contribution >= 4 is 23.4 Å². The van der Waals surface area contributed by atoms with Crippen molar-refractivity contribution in [3.05, 3.63) is 69.8 Å². The van der Waals surface area contributed by atoms with Gasteiger partial charge in [0.1, 0.15) is 23.1 Å². The van der Waals surface area contributed by atoms with Crippen molar-refractivity contribution in [3.63, 3.8) is 0 Å². The van der Waals surface area contributed by atoms with E-state index in [0.29, 0.717) is 11.3 Å². The highest BCUT2D eigenvalue weighted by atomic mass is 16.6. The zero-order valence-electron chi connectivity index (χ0n) is 12.7. The lowest BCUT2D eigenvalue weighted by Gasteiger charge is -2.07. The molecular weight excluding hydrogens is 310 g/mol. The molecule has 0 unspecified atom stereocenters. The second-order valence-electron chi connectivity index (χ2n) is 4.67. The third kappa shape index (κ3) is 3.96. The fourth-order valence-electron chi connectivity index (χ4n) is 1.95. The zero-order chi connectivity index (χ0) is 17.5. The number of nitro groups is 1. The van der Waals surface area contributed by atoms with Crippen LogP contribution < -0.4 is 10.1 Å². The van der Waals surface area contributed by atoms with Crippen LogP contribution in [0.15, 0.2) is 54.1 Å². The van der Waals surface area contributed by atoms with Crippen LogP contribution in [0.3, 0.4) is 0 Å². The molecule has 2 rings (SSSR count). The number of ether oxygens (including phenoxy) is 1. The summed E-state index contributed by atoms with van der Waals surface area (Å²) in [5.74, 6) is -0.436. The summed E-state index contributed by atoms with van der Waals surface area (Å²) in [6, 6.07) is 14.7.